The highest BCUT2D eigenvalue weighted by atomic mass is 32.2. The summed E-state index contributed by atoms with van der Waals surface area (Å²) < 4.78 is 10.7. The number of rotatable bonds is 8. The molecule has 0 aliphatic carbocycles. The molecule has 0 saturated heterocycles. The van der Waals surface area contributed by atoms with Crippen LogP contribution in [0.3, 0.4) is 0 Å². The number of amides is 1. The molecule has 3 aromatic rings. The van der Waals surface area contributed by atoms with Gasteiger partial charge in [-0.3, -0.25) is 4.79 Å². The van der Waals surface area contributed by atoms with E-state index in [4.69, 9.17) is 8.83 Å². The Labute approximate surface area is 156 Å². The summed E-state index contributed by atoms with van der Waals surface area (Å²) in [5.41, 5.74) is 1.27. The molecule has 2 heterocycles. The molecule has 136 valence electrons. The lowest BCUT2D eigenvalue weighted by molar-refractivity contribution is -0.120. The van der Waals surface area contributed by atoms with Gasteiger partial charge < -0.3 is 14.2 Å². The van der Waals surface area contributed by atoms with E-state index < -0.39 is 0 Å². The fourth-order valence-corrected chi connectivity index (χ4v) is 3.11. The molecule has 2 atom stereocenters. The van der Waals surface area contributed by atoms with E-state index in [1.807, 2.05) is 32.0 Å². The Hall–Kier alpha value is -2.54. The lowest BCUT2D eigenvalue weighted by Crippen LogP contribution is -2.37. The Balaban J connectivity index is 1.47. The second-order valence-corrected chi connectivity index (χ2v) is 7.34. The van der Waals surface area contributed by atoms with Crippen LogP contribution < -0.4 is 5.32 Å². The molecule has 0 unspecified atom stereocenters. The van der Waals surface area contributed by atoms with Crippen molar-refractivity contribution in [1.29, 1.82) is 0 Å². The number of benzene rings is 1. The number of carbonyl (C=O) groups is 1. The first-order chi connectivity index (χ1) is 12.6. The Kier molecular flexibility index (Phi) is 6.12. The van der Waals surface area contributed by atoms with E-state index in [0.717, 1.165) is 12.8 Å². The quantitative estimate of drug-likeness (QED) is 0.604. The Morgan fingerprint density at radius 2 is 1.96 bits per heavy atom. The molecule has 26 heavy (non-hydrogen) atoms. The maximum Gasteiger partial charge on any atom is 0.284 e. The zero-order valence-electron chi connectivity index (χ0n) is 14.7. The lowest BCUT2D eigenvalue weighted by Gasteiger charge is -2.16. The number of furan rings is 1. The summed E-state index contributed by atoms with van der Waals surface area (Å²) in [5.74, 6) is 0.769. The van der Waals surface area contributed by atoms with E-state index in [1.54, 1.807) is 18.4 Å². The highest BCUT2D eigenvalue weighted by molar-refractivity contribution is 8.00. The second-order valence-electron chi connectivity index (χ2n) is 6.04. The molecule has 0 radical (unpaired) electrons. The van der Waals surface area contributed by atoms with Crippen LogP contribution in [-0.2, 0) is 11.2 Å². The van der Waals surface area contributed by atoms with Gasteiger partial charge in [0.1, 0.15) is 0 Å². The maximum atomic E-state index is 12.4. The average Bonchev–Trinajstić information content (AvgIpc) is 3.32. The minimum absolute atomic E-state index is 0.0479. The van der Waals surface area contributed by atoms with Crippen LogP contribution in [0, 0.1) is 0 Å². The molecule has 7 heteroatoms. The number of carbonyl (C=O) groups excluding carboxylic acids is 1. The molecule has 6 nitrogen and oxygen atoms in total. The first-order valence-electron chi connectivity index (χ1n) is 8.50. The molecule has 0 fully saturated rings. The van der Waals surface area contributed by atoms with Crippen molar-refractivity contribution in [2.45, 2.75) is 43.2 Å². The van der Waals surface area contributed by atoms with Crippen molar-refractivity contribution in [2.24, 2.45) is 0 Å². The summed E-state index contributed by atoms with van der Waals surface area (Å²) in [6.07, 6.45) is 3.36. The molecule has 0 aliphatic rings. The highest BCUT2D eigenvalue weighted by Crippen LogP contribution is 2.26. The van der Waals surface area contributed by atoms with Gasteiger partial charge in [-0.05, 0) is 44.4 Å². The molecular weight excluding hydrogens is 350 g/mol. The van der Waals surface area contributed by atoms with Crippen LogP contribution in [0.2, 0.25) is 0 Å². The van der Waals surface area contributed by atoms with Crippen molar-refractivity contribution >= 4 is 17.7 Å². The zero-order valence-corrected chi connectivity index (χ0v) is 15.5. The van der Waals surface area contributed by atoms with E-state index in [-0.39, 0.29) is 17.2 Å². The van der Waals surface area contributed by atoms with Crippen LogP contribution >= 0.6 is 11.8 Å². The zero-order chi connectivity index (χ0) is 18.4. The van der Waals surface area contributed by atoms with E-state index in [2.05, 4.69) is 27.6 Å². The van der Waals surface area contributed by atoms with Crippen molar-refractivity contribution in [3.05, 3.63) is 54.3 Å². The third-order valence-electron chi connectivity index (χ3n) is 3.88. The maximum absolute atomic E-state index is 12.4. The number of thioether (sulfide) groups is 1. The number of nitrogens with zero attached hydrogens (tertiary/aromatic N) is 2. The fourth-order valence-electron chi connectivity index (χ4n) is 2.42. The third kappa shape index (κ3) is 4.98. The first-order valence-corrected chi connectivity index (χ1v) is 9.38. The van der Waals surface area contributed by atoms with Gasteiger partial charge in [0.2, 0.25) is 5.91 Å². The van der Waals surface area contributed by atoms with Gasteiger partial charge in [-0.15, -0.1) is 10.2 Å². The topological polar surface area (TPSA) is 81.2 Å². The van der Waals surface area contributed by atoms with Gasteiger partial charge in [0.15, 0.2) is 5.76 Å². The molecule has 2 aromatic heterocycles. The van der Waals surface area contributed by atoms with Gasteiger partial charge in [0.25, 0.3) is 11.1 Å². The van der Waals surface area contributed by atoms with Crippen LogP contribution in [0.4, 0.5) is 0 Å². The summed E-state index contributed by atoms with van der Waals surface area (Å²) in [6, 6.07) is 13.8. The minimum atomic E-state index is -0.334. The van der Waals surface area contributed by atoms with Crippen LogP contribution in [0.25, 0.3) is 11.7 Å². The minimum Gasteiger partial charge on any atom is -0.459 e. The summed E-state index contributed by atoms with van der Waals surface area (Å²) in [4.78, 5) is 12.4. The molecule has 0 aliphatic heterocycles. The van der Waals surface area contributed by atoms with Gasteiger partial charge in [0, 0.05) is 6.04 Å². The summed E-state index contributed by atoms with van der Waals surface area (Å²) >= 11 is 1.23. The Morgan fingerprint density at radius 3 is 2.69 bits per heavy atom. The van der Waals surface area contributed by atoms with E-state index in [0.29, 0.717) is 16.9 Å². The normalized spacial score (nSPS) is 13.3. The Morgan fingerprint density at radius 1 is 1.15 bits per heavy atom. The fraction of sp³-hybridized carbons (Fsp3) is 0.316. The van der Waals surface area contributed by atoms with Crippen LogP contribution in [-0.4, -0.2) is 27.4 Å². The van der Waals surface area contributed by atoms with Gasteiger partial charge in [-0.25, -0.2) is 0 Å². The molecular formula is C19H21N3O3S. The molecule has 1 N–H and O–H groups in total. The average molecular weight is 371 g/mol. The van der Waals surface area contributed by atoms with E-state index >= 15 is 0 Å². The smallest absolute Gasteiger partial charge is 0.284 e. The highest BCUT2D eigenvalue weighted by Gasteiger charge is 2.20. The number of hydrogen-bond donors (Lipinski definition) is 1. The molecule has 3 rings (SSSR count). The van der Waals surface area contributed by atoms with Crippen LogP contribution in [0.5, 0.6) is 0 Å². The third-order valence-corrected chi connectivity index (χ3v) is 4.82. The lowest BCUT2D eigenvalue weighted by atomic mass is 10.1. The molecule has 1 amide bonds. The Bertz CT molecular complexity index is 818. The van der Waals surface area contributed by atoms with Crippen LogP contribution in [0.15, 0.2) is 62.8 Å². The van der Waals surface area contributed by atoms with Crippen LogP contribution in [0.1, 0.15) is 25.8 Å². The van der Waals surface area contributed by atoms with Gasteiger partial charge in [-0.1, -0.05) is 42.1 Å². The van der Waals surface area contributed by atoms with E-state index in [1.165, 1.54) is 17.3 Å². The van der Waals surface area contributed by atoms with Crippen molar-refractivity contribution < 1.29 is 13.6 Å². The van der Waals surface area contributed by atoms with Crippen molar-refractivity contribution in [3.8, 4) is 11.7 Å². The van der Waals surface area contributed by atoms with Gasteiger partial charge in [-0.2, -0.15) is 0 Å². The summed E-state index contributed by atoms with van der Waals surface area (Å²) in [7, 11) is 0. The SMILES string of the molecule is C[C@@H](CCc1ccccc1)NC(=O)[C@@H](C)Sc1nnc(-c2ccco2)o1. The standard InChI is InChI=1S/C19H21N3O3S/c1-13(10-11-15-7-4-3-5-8-15)20-17(23)14(2)26-19-22-21-18(25-19)16-9-6-12-24-16/h3-9,12-14H,10-11H2,1-2H3,(H,20,23)/t13-,14+/m0/s1. The predicted octanol–water partition coefficient (Wildman–Crippen LogP) is 3.95. The number of aryl methyl sites for hydroxylation is 1. The number of hydrogen-bond acceptors (Lipinski definition) is 6. The van der Waals surface area contributed by atoms with Crippen molar-refractivity contribution in [3.63, 3.8) is 0 Å². The monoisotopic (exact) mass is 371 g/mol. The summed E-state index contributed by atoms with van der Waals surface area (Å²) in [5, 5.41) is 10.9. The second kappa shape index (κ2) is 8.71. The molecule has 0 bridgehead atoms. The predicted molar refractivity (Wildman–Crippen MR) is 99.7 cm³/mol. The number of aromatic nitrogens is 2. The summed E-state index contributed by atoms with van der Waals surface area (Å²) in [6.45, 7) is 3.83. The van der Waals surface area contributed by atoms with E-state index in [9.17, 15) is 4.79 Å². The first kappa shape index (κ1) is 18.3. The number of nitrogens with one attached hydrogen (secondary N) is 1. The van der Waals surface area contributed by atoms with Crippen molar-refractivity contribution in [1.82, 2.24) is 15.5 Å². The largest absolute Gasteiger partial charge is 0.459 e. The van der Waals surface area contributed by atoms with Gasteiger partial charge in [0.05, 0.1) is 11.5 Å². The molecule has 1 aromatic carbocycles. The van der Waals surface area contributed by atoms with Gasteiger partial charge >= 0.3 is 0 Å². The molecule has 0 saturated carbocycles. The van der Waals surface area contributed by atoms with Crippen molar-refractivity contribution in [2.75, 3.05) is 0 Å². The molecule has 0 spiro atoms.